The minimum atomic E-state index is 0.764. The lowest BCUT2D eigenvalue weighted by molar-refractivity contribution is 0.456. The average Bonchev–Trinajstić information content (AvgIpc) is 2.65. The summed E-state index contributed by atoms with van der Waals surface area (Å²) in [6.07, 6.45) is 10.7. The topological polar surface area (TPSA) is 38.0 Å². The van der Waals surface area contributed by atoms with E-state index in [0.29, 0.717) is 0 Å². The molecule has 0 aliphatic heterocycles. The molecule has 0 atom stereocenters. The van der Waals surface area contributed by atoms with E-state index in [9.17, 15) is 0 Å². The second-order valence-corrected chi connectivity index (χ2v) is 5.44. The van der Waals surface area contributed by atoms with Gasteiger partial charge >= 0.3 is 0 Å². The van der Waals surface area contributed by atoms with Crippen molar-refractivity contribution in [1.82, 2.24) is 5.32 Å². The van der Waals surface area contributed by atoms with Crippen LogP contribution in [0, 0.1) is 0 Å². The number of nitrogen functional groups attached to an aromatic ring is 1. The number of hydrogen-bond acceptors (Lipinski definition) is 2. The first kappa shape index (κ1) is 13.4. The van der Waals surface area contributed by atoms with Gasteiger partial charge in [-0.05, 0) is 43.9 Å². The Balaban J connectivity index is 1.65. The number of anilines is 1. The van der Waals surface area contributed by atoms with Crippen LogP contribution in [0.5, 0.6) is 0 Å². The predicted octanol–water partition coefficient (Wildman–Crippen LogP) is 3.51. The Morgan fingerprint density at radius 3 is 2.50 bits per heavy atom. The summed E-state index contributed by atoms with van der Waals surface area (Å²) in [5, 5.41) is 3.71. The first-order valence-electron chi connectivity index (χ1n) is 7.43. The van der Waals surface area contributed by atoms with E-state index in [1.807, 2.05) is 12.1 Å². The quantitative estimate of drug-likeness (QED) is 0.474. The maximum Gasteiger partial charge on any atom is 0.0346 e. The Morgan fingerprint density at radius 1 is 1.06 bits per heavy atom. The minimum Gasteiger partial charge on any atom is -0.399 e. The summed E-state index contributed by atoms with van der Waals surface area (Å²) < 4.78 is 0. The van der Waals surface area contributed by atoms with Gasteiger partial charge in [0.1, 0.15) is 0 Å². The van der Waals surface area contributed by atoms with Crippen LogP contribution in [0.15, 0.2) is 24.3 Å². The van der Waals surface area contributed by atoms with Gasteiger partial charge in [-0.2, -0.15) is 0 Å². The third-order valence-electron chi connectivity index (χ3n) is 3.97. The van der Waals surface area contributed by atoms with E-state index in [-0.39, 0.29) is 0 Å². The smallest absolute Gasteiger partial charge is 0.0346 e. The van der Waals surface area contributed by atoms with Gasteiger partial charge in [0.05, 0.1) is 0 Å². The molecule has 2 rings (SSSR count). The van der Waals surface area contributed by atoms with Crippen molar-refractivity contribution in [2.75, 3.05) is 12.3 Å². The Kier molecular flexibility index (Phi) is 5.53. The summed E-state index contributed by atoms with van der Waals surface area (Å²) in [7, 11) is 0. The number of nitrogens with two attached hydrogens (primary N) is 1. The van der Waals surface area contributed by atoms with E-state index in [4.69, 9.17) is 5.73 Å². The summed E-state index contributed by atoms with van der Waals surface area (Å²) >= 11 is 0. The number of benzene rings is 1. The van der Waals surface area contributed by atoms with Crippen LogP contribution in [0.25, 0.3) is 0 Å². The van der Waals surface area contributed by atoms with Crippen molar-refractivity contribution in [1.29, 1.82) is 0 Å². The van der Waals surface area contributed by atoms with Crippen molar-refractivity contribution in [3.05, 3.63) is 29.8 Å². The van der Waals surface area contributed by atoms with Gasteiger partial charge in [0, 0.05) is 11.7 Å². The van der Waals surface area contributed by atoms with Crippen LogP contribution in [0.2, 0.25) is 0 Å². The molecule has 0 aromatic heterocycles. The molecule has 0 amide bonds. The summed E-state index contributed by atoms with van der Waals surface area (Å²) in [5.41, 5.74) is 8.17. The standard InChI is InChI=1S/C16H26N2/c17-16-12-6-5-8-14(16)9-7-13-18-15-10-3-1-2-4-11-15/h5-6,8,12,15,18H,1-4,7,9-11,13,17H2. The number of hydrogen-bond donors (Lipinski definition) is 2. The summed E-state index contributed by atoms with van der Waals surface area (Å²) in [6.45, 7) is 1.12. The highest BCUT2D eigenvalue weighted by Crippen LogP contribution is 2.17. The molecule has 0 bridgehead atoms. The second-order valence-electron chi connectivity index (χ2n) is 5.44. The fourth-order valence-electron chi connectivity index (χ4n) is 2.83. The Hall–Kier alpha value is -1.02. The molecule has 1 aliphatic rings. The van der Waals surface area contributed by atoms with Crippen molar-refractivity contribution in [2.24, 2.45) is 0 Å². The van der Waals surface area contributed by atoms with Gasteiger partial charge in [-0.25, -0.2) is 0 Å². The Morgan fingerprint density at radius 2 is 1.78 bits per heavy atom. The maximum absolute atomic E-state index is 5.95. The van der Waals surface area contributed by atoms with Crippen molar-refractivity contribution >= 4 is 5.69 Å². The number of aryl methyl sites for hydroxylation is 1. The summed E-state index contributed by atoms with van der Waals surface area (Å²) in [6, 6.07) is 8.97. The van der Waals surface area contributed by atoms with Crippen molar-refractivity contribution < 1.29 is 0 Å². The molecule has 3 N–H and O–H groups in total. The zero-order chi connectivity index (χ0) is 12.6. The maximum atomic E-state index is 5.95. The lowest BCUT2D eigenvalue weighted by atomic mass is 10.1. The van der Waals surface area contributed by atoms with E-state index >= 15 is 0 Å². The number of nitrogens with one attached hydrogen (secondary N) is 1. The van der Waals surface area contributed by atoms with Crippen LogP contribution in [0.4, 0.5) is 5.69 Å². The van der Waals surface area contributed by atoms with Crippen LogP contribution in [0.3, 0.4) is 0 Å². The molecule has 0 spiro atoms. The molecular formula is C16H26N2. The molecular weight excluding hydrogens is 220 g/mol. The highest BCUT2D eigenvalue weighted by Gasteiger charge is 2.10. The average molecular weight is 246 g/mol. The van der Waals surface area contributed by atoms with Crippen molar-refractivity contribution in [3.8, 4) is 0 Å². The third-order valence-corrected chi connectivity index (χ3v) is 3.97. The normalized spacial score (nSPS) is 17.6. The molecule has 2 heteroatoms. The third kappa shape index (κ3) is 4.34. The predicted molar refractivity (Wildman–Crippen MR) is 78.7 cm³/mol. The number of rotatable bonds is 5. The highest BCUT2D eigenvalue weighted by molar-refractivity contribution is 5.46. The molecule has 1 aromatic rings. The van der Waals surface area contributed by atoms with Gasteiger partial charge < -0.3 is 11.1 Å². The lowest BCUT2D eigenvalue weighted by Gasteiger charge is -2.16. The summed E-state index contributed by atoms with van der Waals surface area (Å²) in [4.78, 5) is 0. The van der Waals surface area contributed by atoms with Gasteiger partial charge in [-0.1, -0.05) is 43.9 Å². The Bertz CT molecular complexity index is 341. The first-order chi connectivity index (χ1) is 8.86. The molecule has 1 fully saturated rings. The summed E-state index contributed by atoms with van der Waals surface area (Å²) in [5.74, 6) is 0. The minimum absolute atomic E-state index is 0.764. The van der Waals surface area contributed by atoms with Gasteiger partial charge in [-0.3, -0.25) is 0 Å². The largest absolute Gasteiger partial charge is 0.399 e. The molecule has 18 heavy (non-hydrogen) atoms. The van der Waals surface area contributed by atoms with Gasteiger partial charge in [-0.15, -0.1) is 0 Å². The monoisotopic (exact) mass is 246 g/mol. The van der Waals surface area contributed by atoms with E-state index < -0.39 is 0 Å². The zero-order valence-electron chi connectivity index (χ0n) is 11.3. The number of para-hydroxylation sites is 1. The van der Waals surface area contributed by atoms with E-state index in [1.54, 1.807) is 0 Å². The van der Waals surface area contributed by atoms with Crippen LogP contribution < -0.4 is 11.1 Å². The van der Waals surface area contributed by atoms with Crippen LogP contribution in [-0.4, -0.2) is 12.6 Å². The fraction of sp³-hybridized carbons (Fsp3) is 0.625. The Labute approximate surface area is 111 Å². The van der Waals surface area contributed by atoms with E-state index in [0.717, 1.165) is 24.7 Å². The molecule has 0 radical (unpaired) electrons. The molecule has 0 heterocycles. The SMILES string of the molecule is Nc1ccccc1CCCNC1CCCCCC1. The second kappa shape index (κ2) is 7.42. The van der Waals surface area contributed by atoms with Crippen LogP contribution >= 0.6 is 0 Å². The molecule has 0 saturated heterocycles. The van der Waals surface area contributed by atoms with Crippen molar-refractivity contribution in [3.63, 3.8) is 0 Å². The van der Waals surface area contributed by atoms with E-state index in [2.05, 4.69) is 17.4 Å². The lowest BCUT2D eigenvalue weighted by Crippen LogP contribution is -2.29. The van der Waals surface area contributed by atoms with Gasteiger partial charge in [0.2, 0.25) is 0 Å². The van der Waals surface area contributed by atoms with Gasteiger partial charge in [0.15, 0.2) is 0 Å². The molecule has 100 valence electrons. The van der Waals surface area contributed by atoms with Gasteiger partial charge in [0.25, 0.3) is 0 Å². The zero-order valence-corrected chi connectivity index (χ0v) is 11.3. The fourth-order valence-corrected chi connectivity index (χ4v) is 2.83. The first-order valence-corrected chi connectivity index (χ1v) is 7.43. The van der Waals surface area contributed by atoms with Crippen molar-refractivity contribution in [2.45, 2.75) is 57.4 Å². The van der Waals surface area contributed by atoms with Crippen LogP contribution in [-0.2, 0) is 6.42 Å². The molecule has 0 unspecified atom stereocenters. The molecule has 1 aromatic carbocycles. The molecule has 2 nitrogen and oxygen atoms in total. The molecule has 1 saturated carbocycles. The van der Waals surface area contributed by atoms with E-state index in [1.165, 1.54) is 50.5 Å². The van der Waals surface area contributed by atoms with Crippen LogP contribution in [0.1, 0.15) is 50.5 Å². The molecule has 1 aliphatic carbocycles. The highest BCUT2D eigenvalue weighted by atomic mass is 14.9.